The molecule has 6 heteroatoms. The molecule has 3 N–H and O–H groups in total. The summed E-state index contributed by atoms with van der Waals surface area (Å²) in [5, 5.41) is 23.1. The monoisotopic (exact) mass is 842 g/mol. The fraction of sp³-hybridized carbons (Fsp3) is 0.815. The van der Waals surface area contributed by atoms with Gasteiger partial charge in [-0.15, -0.1) is 0 Å². The highest BCUT2D eigenvalue weighted by Crippen LogP contribution is 2.15. The van der Waals surface area contributed by atoms with Crippen molar-refractivity contribution in [2.75, 3.05) is 13.2 Å². The van der Waals surface area contributed by atoms with Crippen LogP contribution in [0.4, 0.5) is 0 Å². The van der Waals surface area contributed by atoms with Crippen molar-refractivity contribution < 1.29 is 24.5 Å². The Balaban J connectivity index is 3.53. The molecule has 60 heavy (non-hydrogen) atoms. The van der Waals surface area contributed by atoms with Gasteiger partial charge < -0.3 is 20.3 Å². The van der Waals surface area contributed by atoms with Crippen LogP contribution in [0.3, 0.4) is 0 Å². The van der Waals surface area contributed by atoms with Gasteiger partial charge in [0, 0.05) is 12.8 Å². The van der Waals surface area contributed by atoms with E-state index < -0.39 is 12.1 Å². The maximum atomic E-state index is 12.4. The molecule has 0 heterocycles. The van der Waals surface area contributed by atoms with Crippen LogP contribution in [0.5, 0.6) is 0 Å². The third-order valence-corrected chi connectivity index (χ3v) is 11.5. The van der Waals surface area contributed by atoms with Crippen LogP contribution in [-0.2, 0) is 14.3 Å². The molecule has 0 bridgehead atoms. The van der Waals surface area contributed by atoms with Gasteiger partial charge in [-0.3, -0.25) is 9.59 Å². The number of hydrogen-bond acceptors (Lipinski definition) is 5. The molecule has 6 nitrogen and oxygen atoms in total. The first-order valence-corrected chi connectivity index (χ1v) is 25.9. The largest absolute Gasteiger partial charge is 0.466 e. The molecule has 0 rings (SSSR count). The Morgan fingerprint density at radius 2 is 0.867 bits per heavy atom. The highest BCUT2D eigenvalue weighted by molar-refractivity contribution is 5.76. The van der Waals surface area contributed by atoms with E-state index in [1.54, 1.807) is 6.08 Å². The van der Waals surface area contributed by atoms with Crippen LogP contribution in [0.1, 0.15) is 258 Å². The molecule has 0 aromatic heterocycles. The summed E-state index contributed by atoms with van der Waals surface area (Å²) >= 11 is 0. The third kappa shape index (κ3) is 45.3. The number of rotatable bonds is 47. The average Bonchev–Trinajstić information content (AvgIpc) is 3.25. The molecule has 0 aliphatic rings. The summed E-state index contributed by atoms with van der Waals surface area (Å²) in [6.07, 6.45) is 61.1. The van der Waals surface area contributed by atoms with E-state index in [1.165, 1.54) is 148 Å². The van der Waals surface area contributed by atoms with Gasteiger partial charge >= 0.3 is 5.97 Å². The summed E-state index contributed by atoms with van der Waals surface area (Å²) in [6, 6.07) is -0.640. The third-order valence-electron chi connectivity index (χ3n) is 11.5. The first-order chi connectivity index (χ1) is 29.5. The van der Waals surface area contributed by atoms with Gasteiger partial charge in [0.15, 0.2) is 0 Å². The van der Waals surface area contributed by atoms with Crippen molar-refractivity contribution in [2.45, 2.75) is 270 Å². The standard InChI is InChI=1S/C54H99NO5/c1-3-5-7-9-11-13-15-17-19-23-26-30-34-38-42-46-52(57)51(50-56)55-53(58)47-43-39-35-31-27-24-20-18-21-25-29-33-37-41-45-49-60-54(59)48-44-40-36-32-28-22-16-14-12-10-8-6-4-2/h8,10,14,16,21,25,42,46,51-52,56-57H,3-7,9,11-13,15,17-20,22-24,26-41,43-45,47-50H2,1-2H3,(H,55,58)/b10-8-,16-14-,25-21-,46-42+. The zero-order valence-corrected chi connectivity index (χ0v) is 39.7. The van der Waals surface area contributed by atoms with E-state index in [-0.39, 0.29) is 18.5 Å². The molecule has 0 saturated carbocycles. The number of carbonyl (C=O) groups excluding carboxylic acids is 2. The first-order valence-electron chi connectivity index (χ1n) is 25.9. The number of unbranched alkanes of at least 4 members (excludes halogenated alkanes) is 30. The van der Waals surface area contributed by atoms with E-state index in [1.807, 2.05) is 6.08 Å². The van der Waals surface area contributed by atoms with E-state index >= 15 is 0 Å². The van der Waals surface area contributed by atoms with Crippen molar-refractivity contribution in [3.05, 3.63) is 48.6 Å². The minimum Gasteiger partial charge on any atom is -0.466 e. The van der Waals surface area contributed by atoms with Gasteiger partial charge in [-0.05, 0) is 83.5 Å². The van der Waals surface area contributed by atoms with Crippen LogP contribution < -0.4 is 5.32 Å². The zero-order valence-electron chi connectivity index (χ0n) is 39.7. The van der Waals surface area contributed by atoms with Crippen LogP contribution in [0.15, 0.2) is 48.6 Å². The smallest absolute Gasteiger partial charge is 0.305 e. The molecule has 1 amide bonds. The van der Waals surface area contributed by atoms with Crippen molar-refractivity contribution in [2.24, 2.45) is 0 Å². The summed E-state index contributed by atoms with van der Waals surface area (Å²) in [7, 11) is 0. The lowest BCUT2D eigenvalue weighted by atomic mass is 10.0. The molecule has 0 spiro atoms. The topological polar surface area (TPSA) is 95.9 Å². The van der Waals surface area contributed by atoms with Gasteiger partial charge in [0.25, 0.3) is 0 Å². The molecule has 0 radical (unpaired) electrons. The van der Waals surface area contributed by atoms with Crippen LogP contribution in [0.2, 0.25) is 0 Å². The molecule has 2 unspecified atom stereocenters. The van der Waals surface area contributed by atoms with Crippen LogP contribution in [-0.4, -0.2) is 47.4 Å². The highest BCUT2D eigenvalue weighted by Gasteiger charge is 2.18. The number of allylic oxidation sites excluding steroid dienone is 7. The summed E-state index contributed by atoms with van der Waals surface area (Å²) in [6.45, 7) is 4.79. The number of ether oxygens (including phenoxy) is 1. The fourth-order valence-corrected chi connectivity index (χ4v) is 7.55. The maximum absolute atomic E-state index is 12.4. The van der Waals surface area contributed by atoms with Gasteiger partial charge in [0.1, 0.15) is 0 Å². The van der Waals surface area contributed by atoms with Crippen LogP contribution >= 0.6 is 0 Å². The molecule has 0 fully saturated rings. The van der Waals surface area contributed by atoms with Crippen molar-refractivity contribution in [1.29, 1.82) is 0 Å². The van der Waals surface area contributed by atoms with E-state index in [9.17, 15) is 19.8 Å². The quantitative estimate of drug-likeness (QED) is 0.0322. The summed E-state index contributed by atoms with van der Waals surface area (Å²) in [5.74, 6) is -0.112. The minimum absolute atomic E-state index is 0.0275. The van der Waals surface area contributed by atoms with E-state index in [0.29, 0.717) is 19.4 Å². The predicted molar refractivity (Wildman–Crippen MR) is 259 cm³/mol. The van der Waals surface area contributed by atoms with Crippen molar-refractivity contribution in [3.8, 4) is 0 Å². The zero-order chi connectivity index (χ0) is 43.7. The Hall–Kier alpha value is -2.18. The molecule has 2 atom stereocenters. The second-order valence-electron chi connectivity index (χ2n) is 17.5. The highest BCUT2D eigenvalue weighted by atomic mass is 16.5. The van der Waals surface area contributed by atoms with Crippen LogP contribution in [0.25, 0.3) is 0 Å². The molecular formula is C54H99NO5. The van der Waals surface area contributed by atoms with Crippen molar-refractivity contribution >= 4 is 11.9 Å². The average molecular weight is 842 g/mol. The van der Waals surface area contributed by atoms with E-state index in [4.69, 9.17) is 4.74 Å². The van der Waals surface area contributed by atoms with E-state index in [0.717, 1.165) is 83.5 Å². The molecule has 0 aliphatic carbocycles. The van der Waals surface area contributed by atoms with Crippen molar-refractivity contribution in [3.63, 3.8) is 0 Å². The molecule has 350 valence electrons. The Morgan fingerprint density at radius 3 is 1.35 bits per heavy atom. The van der Waals surface area contributed by atoms with Gasteiger partial charge in [-0.2, -0.15) is 0 Å². The molecule has 0 aromatic rings. The van der Waals surface area contributed by atoms with Gasteiger partial charge in [-0.1, -0.05) is 210 Å². The second-order valence-corrected chi connectivity index (χ2v) is 17.5. The van der Waals surface area contributed by atoms with Crippen LogP contribution in [0, 0.1) is 0 Å². The van der Waals surface area contributed by atoms with Gasteiger partial charge in [0.05, 0.1) is 25.4 Å². The lowest BCUT2D eigenvalue weighted by molar-refractivity contribution is -0.143. The van der Waals surface area contributed by atoms with Gasteiger partial charge in [-0.25, -0.2) is 0 Å². The van der Waals surface area contributed by atoms with E-state index in [2.05, 4.69) is 55.6 Å². The fourth-order valence-electron chi connectivity index (χ4n) is 7.55. The predicted octanol–water partition coefficient (Wildman–Crippen LogP) is 15.5. The second kappa shape index (κ2) is 49.5. The maximum Gasteiger partial charge on any atom is 0.305 e. The Bertz CT molecular complexity index is 1020. The molecule has 0 aliphatic heterocycles. The Labute approximate surface area is 372 Å². The SMILES string of the molecule is CCC/C=C\C/C=C\CCCCCCCC(=O)OCCCCCC/C=C\CCCCCCCCCC(=O)NC(CO)C(O)/C=C/CCCCCCCCCCCCCCC. The first kappa shape index (κ1) is 57.8. The summed E-state index contributed by atoms with van der Waals surface area (Å²) in [4.78, 5) is 24.4. The Morgan fingerprint density at radius 1 is 0.467 bits per heavy atom. The molecular weight excluding hydrogens is 743 g/mol. The number of amides is 1. The number of aliphatic hydroxyl groups is 2. The number of carbonyl (C=O) groups is 2. The normalized spacial score (nSPS) is 13.1. The lowest BCUT2D eigenvalue weighted by Gasteiger charge is -2.20. The summed E-state index contributed by atoms with van der Waals surface area (Å²) < 4.78 is 5.44. The summed E-state index contributed by atoms with van der Waals surface area (Å²) in [5.41, 5.74) is 0. The number of esters is 1. The molecule has 0 aromatic carbocycles. The number of nitrogens with one attached hydrogen (secondary N) is 1. The Kier molecular flexibility index (Phi) is 47.7. The lowest BCUT2D eigenvalue weighted by Crippen LogP contribution is -2.45. The molecule has 0 saturated heterocycles. The number of aliphatic hydroxyl groups excluding tert-OH is 2. The van der Waals surface area contributed by atoms with Crippen molar-refractivity contribution in [1.82, 2.24) is 5.32 Å². The number of hydrogen-bond donors (Lipinski definition) is 3. The minimum atomic E-state index is -0.855. The van der Waals surface area contributed by atoms with Gasteiger partial charge in [0.2, 0.25) is 5.91 Å².